The van der Waals surface area contributed by atoms with Gasteiger partial charge in [-0.05, 0) is 42.3 Å². The van der Waals surface area contributed by atoms with E-state index >= 15 is 0 Å². The molecule has 0 bridgehead atoms. The molecule has 5 rings (SSSR count). The second-order valence-electron chi connectivity index (χ2n) is 7.13. The summed E-state index contributed by atoms with van der Waals surface area (Å²) in [6.45, 7) is 2.54. The van der Waals surface area contributed by atoms with Crippen LogP contribution in [0, 0.1) is 0 Å². The van der Waals surface area contributed by atoms with Gasteiger partial charge in [0.2, 0.25) is 0 Å². The van der Waals surface area contributed by atoms with E-state index in [1.165, 1.54) is 0 Å². The van der Waals surface area contributed by atoms with Gasteiger partial charge in [0.15, 0.2) is 5.52 Å². The SMILES string of the molecule is CC(c1ccc2ncccc2c1)n1nnc2ccn(Cc3ccccc3)c(=O)c21. The third-order valence-electron chi connectivity index (χ3n) is 5.27. The van der Waals surface area contributed by atoms with Crippen molar-refractivity contribution in [1.29, 1.82) is 0 Å². The van der Waals surface area contributed by atoms with Crippen molar-refractivity contribution in [3.63, 3.8) is 0 Å². The Morgan fingerprint density at radius 3 is 2.69 bits per heavy atom. The molecule has 0 radical (unpaired) electrons. The zero-order valence-corrected chi connectivity index (χ0v) is 15.9. The highest BCUT2D eigenvalue weighted by atomic mass is 16.1. The predicted molar refractivity (Wildman–Crippen MR) is 113 cm³/mol. The van der Waals surface area contributed by atoms with Crippen molar-refractivity contribution in [2.45, 2.75) is 19.5 Å². The van der Waals surface area contributed by atoms with Gasteiger partial charge in [-0.25, -0.2) is 4.68 Å². The lowest BCUT2D eigenvalue weighted by molar-refractivity contribution is 0.557. The van der Waals surface area contributed by atoms with Gasteiger partial charge in [-0.1, -0.05) is 47.7 Å². The van der Waals surface area contributed by atoms with Crippen molar-refractivity contribution in [3.05, 3.63) is 101 Å². The van der Waals surface area contributed by atoms with Gasteiger partial charge in [0.25, 0.3) is 5.56 Å². The molecule has 29 heavy (non-hydrogen) atoms. The highest BCUT2D eigenvalue weighted by Gasteiger charge is 2.17. The number of hydrogen-bond donors (Lipinski definition) is 0. The predicted octanol–water partition coefficient (Wildman–Crippen LogP) is 3.80. The summed E-state index contributed by atoms with van der Waals surface area (Å²) >= 11 is 0. The molecule has 3 aromatic heterocycles. The molecule has 1 unspecified atom stereocenters. The van der Waals surface area contributed by atoms with E-state index in [0.717, 1.165) is 22.0 Å². The first-order valence-electron chi connectivity index (χ1n) is 9.54. The van der Waals surface area contributed by atoms with Gasteiger partial charge in [-0.3, -0.25) is 9.78 Å². The fourth-order valence-corrected chi connectivity index (χ4v) is 3.66. The van der Waals surface area contributed by atoms with E-state index in [-0.39, 0.29) is 11.6 Å². The first-order chi connectivity index (χ1) is 14.2. The van der Waals surface area contributed by atoms with Crippen LogP contribution < -0.4 is 5.56 Å². The minimum absolute atomic E-state index is 0.0920. The summed E-state index contributed by atoms with van der Waals surface area (Å²) in [6, 6.07) is 21.7. The third-order valence-corrected chi connectivity index (χ3v) is 5.27. The van der Waals surface area contributed by atoms with E-state index in [9.17, 15) is 4.79 Å². The zero-order chi connectivity index (χ0) is 19.8. The minimum atomic E-state index is -0.134. The van der Waals surface area contributed by atoms with Crippen LogP contribution in [0.2, 0.25) is 0 Å². The Bertz CT molecular complexity index is 1370. The maximum atomic E-state index is 13.2. The molecule has 0 aliphatic carbocycles. The van der Waals surface area contributed by atoms with Crippen LogP contribution in [0.15, 0.2) is 83.9 Å². The summed E-state index contributed by atoms with van der Waals surface area (Å²) < 4.78 is 3.42. The Morgan fingerprint density at radius 2 is 1.83 bits per heavy atom. The average Bonchev–Trinajstić information content (AvgIpc) is 3.20. The van der Waals surface area contributed by atoms with E-state index < -0.39 is 0 Å². The van der Waals surface area contributed by atoms with Crippen LogP contribution in [0.1, 0.15) is 24.1 Å². The lowest BCUT2D eigenvalue weighted by Crippen LogP contribution is -2.23. The number of benzene rings is 2. The highest BCUT2D eigenvalue weighted by Crippen LogP contribution is 2.23. The van der Waals surface area contributed by atoms with Gasteiger partial charge in [0.1, 0.15) is 5.52 Å². The van der Waals surface area contributed by atoms with Crippen molar-refractivity contribution in [2.75, 3.05) is 0 Å². The van der Waals surface area contributed by atoms with Crippen molar-refractivity contribution in [3.8, 4) is 0 Å². The molecule has 0 aliphatic heterocycles. The molecule has 3 heterocycles. The van der Waals surface area contributed by atoms with E-state index in [1.807, 2.05) is 67.6 Å². The standard InChI is InChI=1S/C23H19N5O/c1-16(18-9-10-20-19(14-18)8-5-12-24-20)28-22-21(25-26-28)11-13-27(23(22)29)15-17-6-3-2-4-7-17/h2-14,16H,15H2,1H3. The van der Waals surface area contributed by atoms with E-state index in [0.29, 0.717) is 17.6 Å². The van der Waals surface area contributed by atoms with Gasteiger partial charge in [-0.2, -0.15) is 0 Å². The number of hydrogen-bond acceptors (Lipinski definition) is 4. The molecule has 1 atom stereocenters. The van der Waals surface area contributed by atoms with Crippen LogP contribution in [0.5, 0.6) is 0 Å². The van der Waals surface area contributed by atoms with Crippen LogP contribution in [0.3, 0.4) is 0 Å². The second kappa shape index (κ2) is 6.98. The fourth-order valence-electron chi connectivity index (χ4n) is 3.66. The molecule has 0 saturated heterocycles. The molecule has 0 N–H and O–H groups in total. The molecule has 2 aromatic carbocycles. The number of pyridine rings is 2. The molecule has 6 heteroatoms. The van der Waals surface area contributed by atoms with Gasteiger partial charge in [0.05, 0.1) is 18.1 Å². The molecule has 0 amide bonds. The number of fused-ring (bicyclic) bond motifs is 2. The maximum Gasteiger partial charge on any atom is 0.278 e. The number of aromatic nitrogens is 5. The first kappa shape index (κ1) is 17.3. The van der Waals surface area contributed by atoms with Crippen molar-refractivity contribution >= 4 is 21.9 Å². The van der Waals surface area contributed by atoms with E-state index in [2.05, 4.69) is 21.4 Å². The Labute approximate surface area is 167 Å². The summed E-state index contributed by atoms with van der Waals surface area (Å²) in [4.78, 5) is 17.6. The highest BCUT2D eigenvalue weighted by molar-refractivity contribution is 5.79. The summed E-state index contributed by atoms with van der Waals surface area (Å²) in [7, 11) is 0. The lowest BCUT2D eigenvalue weighted by atomic mass is 10.1. The minimum Gasteiger partial charge on any atom is -0.309 e. The van der Waals surface area contributed by atoms with Crippen molar-refractivity contribution < 1.29 is 0 Å². The molecular formula is C23H19N5O. The number of rotatable bonds is 4. The lowest BCUT2D eigenvalue weighted by Gasteiger charge is -2.14. The Kier molecular flexibility index (Phi) is 4.17. The van der Waals surface area contributed by atoms with Crippen LogP contribution in [-0.2, 0) is 6.54 Å². The van der Waals surface area contributed by atoms with Crippen LogP contribution in [-0.4, -0.2) is 24.5 Å². The van der Waals surface area contributed by atoms with Gasteiger partial charge < -0.3 is 4.57 Å². The van der Waals surface area contributed by atoms with Crippen LogP contribution in [0.25, 0.3) is 21.9 Å². The molecule has 0 spiro atoms. The normalized spacial score (nSPS) is 12.4. The molecule has 5 aromatic rings. The van der Waals surface area contributed by atoms with Gasteiger partial charge in [0, 0.05) is 17.8 Å². The average molecular weight is 381 g/mol. The molecular weight excluding hydrogens is 362 g/mol. The monoisotopic (exact) mass is 381 g/mol. The summed E-state index contributed by atoms with van der Waals surface area (Å²) in [6.07, 6.45) is 3.56. The summed E-state index contributed by atoms with van der Waals surface area (Å²) in [5, 5.41) is 9.58. The van der Waals surface area contributed by atoms with Crippen molar-refractivity contribution in [1.82, 2.24) is 24.5 Å². The van der Waals surface area contributed by atoms with Crippen molar-refractivity contribution in [2.24, 2.45) is 0 Å². The largest absolute Gasteiger partial charge is 0.309 e. The second-order valence-corrected chi connectivity index (χ2v) is 7.13. The maximum absolute atomic E-state index is 13.2. The Morgan fingerprint density at radius 1 is 0.966 bits per heavy atom. The van der Waals surface area contributed by atoms with Crippen LogP contribution >= 0.6 is 0 Å². The van der Waals surface area contributed by atoms with E-state index in [1.54, 1.807) is 21.6 Å². The fraction of sp³-hybridized carbons (Fsp3) is 0.130. The van der Waals surface area contributed by atoms with Crippen LogP contribution in [0.4, 0.5) is 0 Å². The molecule has 0 aliphatic rings. The topological polar surface area (TPSA) is 65.6 Å². The first-order valence-corrected chi connectivity index (χ1v) is 9.54. The smallest absolute Gasteiger partial charge is 0.278 e. The quantitative estimate of drug-likeness (QED) is 0.475. The summed E-state index contributed by atoms with van der Waals surface area (Å²) in [5.41, 5.74) is 4.09. The molecule has 0 fully saturated rings. The van der Waals surface area contributed by atoms with Gasteiger partial charge in [-0.15, -0.1) is 5.10 Å². The molecule has 0 saturated carbocycles. The van der Waals surface area contributed by atoms with Gasteiger partial charge >= 0.3 is 0 Å². The third kappa shape index (κ3) is 3.08. The summed E-state index contributed by atoms with van der Waals surface area (Å²) in [5.74, 6) is 0. The number of nitrogens with zero attached hydrogens (tertiary/aromatic N) is 5. The molecule has 142 valence electrons. The Balaban J connectivity index is 1.59. The molecule has 6 nitrogen and oxygen atoms in total. The Hall–Kier alpha value is -3.80. The van der Waals surface area contributed by atoms with E-state index in [4.69, 9.17) is 0 Å². The zero-order valence-electron chi connectivity index (χ0n) is 15.9.